The standard InChI is InChI=1S/C33H44ClF2N3O3Si/c1-33(2,3)31(39(30(40)21-34)16-10-15-37-32(41)42-17-18-43(4,5)6)29-19-25(27-20-26(35)13-14-28(27)36)23-38(29)22-24-11-8-7-9-12-24/h7-9,11-14,19-20,23,31H,10,15-18,21-22H2,1-6H3,(H,37,41)/t31-/m0/s1. The first kappa shape index (κ1) is 34.3. The van der Waals surface area contributed by atoms with E-state index >= 15 is 0 Å². The van der Waals surface area contributed by atoms with E-state index in [9.17, 15) is 18.4 Å². The number of carbonyl (C=O) groups is 2. The molecule has 0 fully saturated rings. The monoisotopic (exact) mass is 631 g/mol. The SMILES string of the molecule is CC(C)(C)[C@H](c1cc(-c2cc(F)ccc2F)cn1Cc1ccccc1)N(CCCNC(=O)OCC[Si](C)(C)C)C(=O)CCl. The lowest BCUT2D eigenvalue weighted by atomic mass is 9.83. The number of ether oxygens (including phenoxy) is 1. The van der Waals surface area contributed by atoms with E-state index in [1.54, 1.807) is 11.1 Å². The van der Waals surface area contributed by atoms with Crippen molar-refractivity contribution in [2.24, 2.45) is 5.41 Å². The van der Waals surface area contributed by atoms with Gasteiger partial charge in [0.05, 0.1) is 12.6 Å². The molecule has 1 N–H and O–H groups in total. The van der Waals surface area contributed by atoms with Crippen molar-refractivity contribution in [2.75, 3.05) is 25.6 Å². The summed E-state index contributed by atoms with van der Waals surface area (Å²) in [6.45, 7) is 14.2. The van der Waals surface area contributed by atoms with Gasteiger partial charge in [0.1, 0.15) is 17.5 Å². The Bertz CT molecular complexity index is 1370. The largest absolute Gasteiger partial charge is 0.450 e. The van der Waals surface area contributed by atoms with Crippen LogP contribution < -0.4 is 5.32 Å². The molecule has 3 rings (SSSR count). The number of alkyl carbamates (subject to hydrolysis) is 1. The second-order valence-electron chi connectivity index (χ2n) is 13.1. The smallest absolute Gasteiger partial charge is 0.407 e. The Morgan fingerprint density at radius 3 is 2.40 bits per heavy atom. The first-order valence-corrected chi connectivity index (χ1v) is 18.9. The quantitative estimate of drug-likeness (QED) is 0.118. The third-order valence-electron chi connectivity index (χ3n) is 7.14. The van der Waals surface area contributed by atoms with E-state index in [0.29, 0.717) is 38.2 Å². The average Bonchev–Trinajstić information content (AvgIpc) is 3.32. The number of carbonyl (C=O) groups excluding carboxylic acids is 2. The van der Waals surface area contributed by atoms with Crippen molar-refractivity contribution in [3.8, 4) is 11.1 Å². The highest BCUT2D eigenvalue weighted by Gasteiger charge is 2.37. The summed E-state index contributed by atoms with van der Waals surface area (Å²) in [5.41, 5.74) is 1.98. The van der Waals surface area contributed by atoms with Crippen molar-refractivity contribution in [3.05, 3.63) is 83.7 Å². The van der Waals surface area contributed by atoms with Crippen LogP contribution in [-0.4, -0.2) is 55.1 Å². The maximum atomic E-state index is 14.9. The van der Waals surface area contributed by atoms with Crippen molar-refractivity contribution >= 4 is 31.7 Å². The highest BCUT2D eigenvalue weighted by Crippen LogP contribution is 2.41. The van der Waals surface area contributed by atoms with Crippen molar-refractivity contribution in [1.82, 2.24) is 14.8 Å². The van der Waals surface area contributed by atoms with Gasteiger partial charge in [-0.05, 0) is 47.7 Å². The molecule has 3 aromatic rings. The van der Waals surface area contributed by atoms with Gasteiger partial charge in [-0.3, -0.25) is 4.79 Å². The van der Waals surface area contributed by atoms with Crippen LogP contribution in [0.5, 0.6) is 0 Å². The van der Waals surface area contributed by atoms with E-state index in [-0.39, 0.29) is 17.4 Å². The molecular weight excluding hydrogens is 588 g/mol. The number of hydrogen-bond donors (Lipinski definition) is 1. The summed E-state index contributed by atoms with van der Waals surface area (Å²) in [5.74, 6) is -1.55. The number of halogens is 3. The van der Waals surface area contributed by atoms with E-state index in [0.717, 1.165) is 29.4 Å². The fraction of sp³-hybridized carbons (Fsp3) is 0.455. The molecule has 43 heavy (non-hydrogen) atoms. The minimum atomic E-state index is -1.32. The Morgan fingerprint density at radius 2 is 1.77 bits per heavy atom. The molecule has 0 radical (unpaired) electrons. The lowest BCUT2D eigenvalue weighted by molar-refractivity contribution is -0.133. The van der Waals surface area contributed by atoms with Crippen molar-refractivity contribution in [2.45, 2.75) is 65.5 Å². The molecule has 234 valence electrons. The van der Waals surface area contributed by atoms with Crippen LogP contribution >= 0.6 is 11.6 Å². The molecule has 0 aliphatic heterocycles. The number of benzene rings is 2. The summed E-state index contributed by atoms with van der Waals surface area (Å²) in [4.78, 5) is 27.3. The Kier molecular flexibility index (Phi) is 12.0. The average molecular weight is 632 g/mol. The van der Waals surface area contributed by atoms with Crippen LogP contribution in [0.15, 0.2) is 60.8 Å². The highest BCUT2D eigenvalue weighted by molar-refractivity contribution is 6.76. The molecule has 1 heterocycles. The molecule has 6 nitrogen and oxygen atoms in total. The summed E-state index contributed by atoms with van der Waals surface area (Å²) in [6, 6.07) is 15.5. The third kappa shape index (κ3) is 10.2. The number of amides is 2. The molecule has 0 saturated carbocycles. The van der Waals surface area contributed by atoms with Crippen LogP contribution in [0.3, 0.4) is 0 Å². The van der Waals surface area contributed by atoms with Crippen LogP contribution in [0.1, 0.15) is 44.5 Å². The predicted octanol–water partition coefficient (Wildman–Crippen LogP) is 8.09. The molecule has 1 atom stereocenters. The molecule has 2 amide bonds. The number of aromatic nitrogens is 1. The van der Waals surface area contributed by atoms with Crippen LogP contribution in [0.25, 0.3) is 11.1 Å². The Morgan fingerprint density at radius 1 is 1.07 bits per heavy atom. The van der Waals surface area contributed by atoms with Gasteiger partial charge >= 0.3 is 6.09 Å². The summed E-state index contributed by atoms with van der Waals surface area (Å²) in [5, 5.41) is 2.78. The van der Waals surface area contributed by atoms with E-state index in [2.05, 4.69) is 25.0 Å². The van der Waals surface area contributed by atoms with Gasteiger partial charge in [-0.2, -0.15) is 0 Å². The van der Waals surface area contributed by atoms with E-state index in [1.807, 2.05) is 61.7 Å². The maximum Gasteiger partial charge on any atom is 0.407 e. The van der Waals surface area contributed by atoms with Crippen LogP contribution in [0, 0.1) is 17.0 Å². The molecule has 2 aromatic carbocycles. The normalized spacial score (nSPS) is 12.6. The number of alkyl halides is 1. The molecule has 10 heteroatoms. The zero-order valence-corrected chi connectivity index (χ0v) is 27.8. The number of nitrogens with zero attached hydrogens (tertiary/aromatic N) is 2. The molecule has 0 unspecified atom stereocenters. The van der Waals surface area contributed by atoms with Gasteiger partial charge in [0.2, 0.25) is 5.91 Å². The van der Waals surface area contributed by atoms with Gasteiger partial charge in [-0.25, -0.2) is 13.6 Å². The Labute approximate surface area is 260 Å². The molecule has 0 bridgehead atoms. The maximum absolute atomic E-state index is 14.9. The second-order valence-corrected chi connectivity index (χ2v) is 19.0. The van der Waals surface area contributed by atoms with Gasteiger partial charge in [-0.1, -0.05) is 70.7 Å². The van der Waals surface area contributed by atoms with E-state index in [1.165, 1.54) is 6.07 Å². The summed E-state index contributed by atoms with van der Waals surface area (Å²) in [7, 11) is -1.32. The topological polar surface area (TPSA) is 63.6 Å². The fourth-order valence-corrected chi connectivity index (χ4v) is 5.90. The summed E-state index contributed by atoms with van der Waals surface area (Å²) >= 11 is 6.12. The number of hydrogen-bond acceptors (Lipinski definition) is 3. The minimum absolute atomic E-state index is 0.146. The molecular formula is C33H44ClF2N3O3Si. The lowest BCUT2D eigenvalue weighted by Crippen LogP contribution is -2.44. The zero-order chi connectivity index (χ0) is 31.8. The van der Waals surface area contributed by atoms with Crippen molar-refractivity contribution < 1.29 is 23.1 Å². The van der Waals surface area contributed by atoms with Crippen LogP contribution in [-0.2, 0) is 16.1 Å². The van der Waals surface area contributed by atoms with Gasteiger partial charge in [0, 0.05) is 50.7 Å². The van der Waals surface area contributed by atoms with Crippen LogP contribution in [0.4, 0.5) is 13.6 Å². The van der Waals surface area contributed by atoms with Gasteiger partial charge in [-0.15, -0.1) is 11.6 Å². The van der Waals surface area contributed by atoms with Crippen molar-refractivity contribution in [3.63, 3.8) is 0 Å². The molecule has 0 aliphatic rings. The van der Waals surface area contributed by atoms with Crippen LogP contribution in [0.2, 0.25) is 25.7 Å². The highest BCUT2D eigenvalue weighted by atomic mass is 35.5. The zero-order valence-electron chi connectivity index (χ0n) is 26.1. The molecule has 0 saturated heterocycles. The predicted molar refractivity (Wildman–Crippen MR) is 172 cm³/mol. The Hall–Kier alpha value is -3.17. The first-order valence-electron chi connectivity index (χ1n) is 14.6. The van der Waals surface area contributed by atoms with Gasteiger partial charge < -0.3 is 19.5 Å². The molecule has 0 spiro atoms. The fourth-order valence-electron chi connectivity index (χ4n) is 5.03. The molecule has 1 aromatic heterocycles. The van der Waals surface area contributed by atoms with Gasteiger partial charge in [0.25, 0.3) is 0 Å². The summed E-state index contributed by atoms with van der Waals surface area (Å²) in [6.07, 6.45) is 1.81. The van der Waals surface area contributed by atoms with Gasteiger partial charge in [0.15, 0.2) is 0 Å². The Balaban J connectivity index is 1.93. The third-order valence-corrected chi connectivity index (χ3v) is 9.08. The second kappa shape index (κ2) is 15.0. The number of nitrogens with one attached hydrogen (secondary N) is 1. The number of rotatable bonds is 13. The lowest BCUT2D eigenvalue weighted by Gasteiger charge is -2.41. The van der Waals surface area contributed by atoms with E-state index < -0.39 is 37.3 Å². The van der Waals surface area contributed by atoms with E-state index in [4.69, 9.17) is 16.3 Å². The minimum Gasteiger partial charge on any atom is -0.450 e. The first-order chi connectivity index (χ1) is 20.2. The van der Waals surface area contributed by atoms with Crippen molar-refractivity contribution in [1.29, 1.82) is 0 Å². The summed E-state index contributed by atoms with van der Waals surface area (Å²) < 4.78 is 36.4. The molecule has 0 aliphatic carbocycles.